The number of allylic oxidation sites excluding steroid dienone is 1. The molecule has 0 amide bonds. The summed E-state index contributed by atoms with van der Waals surface area (Å²) in [6.45, 7) is 5.70. The van der Waals surface area contributed by atoms with E-state index in [1.165, 1.54) is 0 Å². The third-order valence-corrected chi connectivity index (χ3v) is 2.18. The van der Waals surface area contributed by atoms with Crippen molar-refractivity contribution in [3.05, 3.63) is 41.7 Å². The largest absolute Gasteiger partial charge is 0.410 e. The summed E-state index contributed by atoms with van der Waals surface area (Å²) in [7, 11) is 0. The van der Waals surface area contributed by atoms with Crippen molar-refractivity contribution in [2.24, 2.45) is 0 Å². The van der Waals surface area contributed by atoms with E-state index < -0.39 is 0 Å². The monoisotopic (exact) mass is 209 g/mol. The van der Waals surface area contributed by atoms with Gasteiger partial charge in [-0.05, 0) is 31.9 Å². The van der Waals surface area contributed by atoms with E-state index in [2.05, 4.69) is 6.58 Å². The van der Waals surface area contributed by atoms with Crippen LogP contribution in [-0.2, 0) is 0 Å². The Morgan fingerprint density at radius 2 is 2.43 bits per heavy atom. The summed E-state index contributed by atoms with van der Waals surface area (Å²) >= 11 is 5.10. The zero-order valence-electron chi connectivity index (χ0n) is 8.35. The van der Waals surface area contributed by atoms with Crippen LogP contribution in [0.15, 0.2) is 37.1 Å². The lowest BCUT2D eigenvalue weighted by Gasteiger charge is -2.15. The summed E-state index contributed by atoms with van der Waals surface area (Å²) in [4.78, 5) is 5.61. The van der Waals surface area contributed by atoms with Gasteiger partial charge in [-0.2, -0.15) is 4.73 Å². The Morgan fingerprint density at radius 1 is 1.64 bits per heavy atom. The van der Waals surface area contributed by atoms with E-state index >= 15 is 0 Å². The normalized spacial score (nSPS) is 12.1. The topological polar surface area (TPSA) is 14.2 Å². The second-order valence-electron chi connectivity index (χ2n) is 3.15. The smallest absolute Gasteiger partial charge is 0.142 e. The molecular weight excluding hydrogens is 194 g/mol. The SMILES string of the molecule is C=CCCC(C)On1ccccc1=S. The van der Waals surface area contributed by atoms with Crippen LogP contribution in [0.2, 0.25) is 0 Å². The highest BCUT2D eigenvalue weighted by Crippen LogP contribution is 2.00. The lowest BCUT2D eigenvalue weighted by Crippen LogP contribution is -2.22. The molecule has 1 unspecified atom stereocenters. The molecule has 0 saturated carbocycles. The van der Waals surface area contributed by atoms with Gasteiger partial charge in [-0.3, -0.25) is 0 Å². The van der Waals surface area contributed by atoms with Crippen LogP contribution >= 0.6 is 12.2 Å². The summed E-state index contributed by atoms with van der Waals surface area (Å²) in [5.41, 5.74) is 0. The summed E-state index contributed by atoms with van der Waals surface area (Å²) in [5.74, 6) is 0. The lowest BCUT2D eigenvalue weighted by atomic mass is 10.2. The van der Waals surface area contributed by atoms with Crippen molar-refractivity contribution in [1.29, 1.82) is 0 Å². The van der Waals surface area contributed by atoms with E-state index in [-0.39, 0.29) is 6.10 Å². The molecule has 0 aliphatic rings. The maximum Gasteiger partial charge on any atom is 0.142 e. The highest BCUT2D eigenvalue weighted by Gasteiger charge is 2.01. The van der Waals surface area contributed by atoms with Crippen molar-refractivity contribution >= 4 is 12.2 Å². The summed E-state index contributed by atoms with van der Waals surface area (Å²) in [6, 6.07) is 5.64. The molecule has 1 heterocycles. The van der Waals surface area contributed by atoms with Crippen molar-refractivity contribution in [2.45, 2.75) is 25.9 Å². The van der Waals surface area contributed by atoms with Gasteiger partial charge in [0.2, 0.25) is 0 Å². The van der Waals surface area contributed by atoms with Crippen molar-refractivity contribution in [1.82, 2.24) is 4.73 Å². The minimum atomic E-state index is 0.155. The molecule has 76 valence electrons. The number of nitrogens with zero attached hydrogens (tertiary/aromatic N) is 1. The van der Waals surface area contributed by atoms with E-state index in [1.54, 1.807) is 4.73 Å². The Bertz CT molecular complexity index is 345. The van der Waals surface area contributed by atoms with Crippen LogP contribution in [0, 0.1) is 4.64 Å². The highest BCUT2D eigenvalue weighted by molar-refractivity contribution is 7.71. The second-order valence-corrected chi connectivity index (χ2v) is 3.56. The summed E-state index contributed by atoms with van der Waals surface area (Å²) in [5, 5.41) is 0. The predicted octanol–water partition coefficient (Wildman–Crippen LogP) is 3.00. The minimum Gasteiger partial charge on any atom is -0.410 e. The van der Waals surface area contributed by atoms with E-state index in [4.69, 9.17) is 17.1 Å². The molecule has 2 nitrogen and oxygen atoms in total. The van der Waals surface area contributed by atoms with Crippen molar-refractivity contribution in [3.8, 4) is 0 Å². The number of aromatic nitrogens is 1. The fourth-order valence-electron chi connectivity index (χ4n) is 1.10. The first kappa shape index (κ1) is 11.0. The van der Waals surface area contributed by atoms with Crippen LogP contribution in [-0.4, -0.2) is 10.8 Å². The van der Waals surface area contributed by atoms with Crippen LogP contribution in [0.25, 0.3) is 0 Å². The third kappa shape index (κ3) is 3.34. The van der Waals surface area contributed by atoms with Gasteiger partial charge in [-0.1, -0.05) is 24.4 Å². The Hall–Kier alpha value is -1.09. The van der Waals surface area contributed by atoms with Crippen LogP contribution in [0.3, 0.4) is 0 Å². The molecule has 0 aliphatic carbocycles. The summed E-state index contributed by atoms with van der Waals surface area (Å²) in [6.07, 6.45) is 5.79. The second kappa shape index (κ2) is 5.60. The molecule has 0 fully saturated rings. The van der Waals surface area contributed by atoms with Gasteiger partial charge in [0.05, 0.1) is 0 Å². The Balaban J connectivity index is 2.56. The molecule has 0 aromatic carbocycles. The number of rotatable bonds is 5. The molecule has 0 aliphatic heterocycles. The van der Waals surface area contributed by atoms with Crippen LogP contribution in [0.1, 0.15) is 19.8 Å². The average molecular weight is 209 g/mol. The van der Waals surface area contributed by atoms with Gasteiger partial charge in [-0.15, -0.1) is 6.58 Å². The van der Waals surface area contributed by atoms with Crippen LogP contribution < -0.4 is 4.84 Å². The zero-order valence-corrected chi connectivity index (χ0v) is 9.17. The molecule has 1 atom stereocenters. The number of pyridine rings is 1. The van der Waals surface area contributed by atoms with Crippen molar-refractivity contribution in [2.75, 3.05) is 0 Å². The van der Waals surface area contributed by atoms with Gasteiger partial charge in [0.15, 0.2) is 0 Å². The van der Waals surface area contributed by atoms with Crippen LogP contribution in [0.5, 0.6) is 0 Å². The molecule has 0 bridgehead atoms. The predicted molar refractivity (Wildman–Crippen MR) is 60.7 cm³/mol. The first-order chi connectivity index (χ1) is 6.74. The van der Waals surface area contributed by atoms with E-state index in [0.717, 1.165) is 12.8 Å². The van der Waals surface area contributed by atoms with Gasteiger partial charge in [-0.25, -0.2) is 0 Å². The van der Waals surface area contributed by atoms with E-state index in [0.29, 0.717) is 4.64 Å². The van der Waals surface area contributed by atoms with E-state index in [1.807, 2.05) is 37.4 Å². The maximum absolute atomic E-state index is 5.61. The van der Waals surface area contributed by atoms with Gasteiger partial charge < -0.3 is 4.84 Å². The zero-order chi connectivity index (χ0) is 10.4. The Morgan fingerprint density at radius 3 is 3.07 bits per heavy atom. The molecule has 1 aromatic rings. The quantitative estimate of drug-likeness (QED) is 0.546. The van der Waals surface area contributed by atoms with Gasteiger partial charge in [0, 0.05) is 6.20 Å². The average Bonchev–Trinajstić information content (AvgIpc) is 2.18. The number of hydrogen-bond donors (Lipinski definition) is 0. The van der Waals surface area contributed by atoms with Crippen molar-refractivity contribution in [3.63, 3.8) is 0 Å². The molecule has 0 spiro atoms. The van der Waals surface area contributed by atoms with Gasteiger partial charge >= 0.3 is 0 Å². The summed E-state index contributed by atoms with van der Waals surface area (Å²) < 4.78 is 2.32. The van der Waals surface area contributed by atoms with Crippen molar-refractivity contribution < 1.29 is 4.84 Å². The molecule has 0 radical (unpaired) electrons. The van der Waals surface area contributed by atoms with E-state index in [9.17, 15) is 0 Å². The molecule has 14 heavy (non-hydrogen) atoms. The van der Waals surface area contributed by atoms with Gasteiger partial charge in [0.1, 0.15) is 10.7 Å². The van der Waals surface area contributed by atoms with Crippen LogP contribution in [0.4, 0.5) is 0 Å². The van der Waals surface area contributed by atoms with Gasteiger partial charge in [0.25, 0.3) is 0 Å². The standard InChI is InChI=1S/C11H15NOS/c1-3-4-7-10(2)13-12-9-6-5-8-11(12)14/h3,5-6,8-10H,1,4,7H2,2H3. The molecule has 0 saturated heterocycles. The number of hydrogen-bond acceptors (Lipinski definition) is 2. The lowest BCUT2D eigenvalue weighted by molar-refractivity contribution is 0.0405. The molecular formula is C11H15NOS. The minimum absolute atomic E-state index is 0.155. The fourth-order valence-corrected chi connectivity index (χ4v) is 1.28. The Kier molecular flexibility index (Phi) is 4.40. The first-order valence-electron chi connectivity index (χ1n) is 4.69. The molecule has 3 heteroatoms. The Labute approximate surface area is 89.8 Å². The molecule has 1 rings (SSSR count). The highest BCUT2D eigenvalue weighted by atomic mass is 32.1. The first-order valence-corrected chi connectivity index (χ1v) is 5.10. The molecule has 1 aromatic heterocycles. The maximum atomic E-state index is 5.61. The molecule has 0 N–H and O–H groups in total. The fraction of sp³-hybridized carbons (Fsp3) is 0.364. The third-order valence-electron chi connectivity index (χ3n) is 1.86.